The van der Waals surface area contributed by atoms with E-state index in [1.54, 1.807) is 0 Å². The summed E-state index contributed by atoms with van der Waals surface area (Å²) in [7, 11) is 0. The highest BCUT2D eigenvalue weighted by molar-refractivity contribution is 4.74. The Labute approximate surface area is 92.5 Å². The molecular formula is C14H32. The van der Waals surface area contributed by atoms with Gasteiger partial charge in [-0.2, -0.15) is 0 Å². The highest BCUT2D eigenvalue weighted by atomic mass is 14.3. The lowest BCUT2D eigenvalue weighted by atomic mass is 9.75. The largest absolute Gasteiger partial charge is 0.0683 e. The van der Waals surface area contributed by atoms with Crippen LogP contribution in [-0.2, 0) is 0 Å². The fraction of sp³-hybridized carbons (Fsp3) is 1.00. The van der Waals surface area contributed by atoms with Crippen LogP contribution in [-0.4, -0.2) is 0 Å². The first kappa shape index (κ1) is 16.4. The molecule has 0 saturated carbocycles. The second-order valence-electron chi connectivity index (χ2n) is 4.40. The zero-order valence-corrected chi connectivity index (χ0v) is 11.6. The first-order valence-corrected chi connectivity index (χ1v) is 6.61. The molecule has 0 N–H and O–H groups in total. The molecule has 0 aliphatic carbocycles. The van der Waals surface area contributed by atoms with Crippen LogP contribution >= 0.6 is 0 Å². The van der Waals surface area contributed by atoms with Crippen LogP contribution in [0.1, 0.15) is 80.6 Å². The van der Waals surface area contributed by atoms with E-state index in [4.69, 9.17) is 0 Å². The molecule has 0 aromatic rings. The predicted molar refractivity (Wildman–Crippen MR) is 68.7 cm³/mol. The highest BCUT2D eigenvalue weighted by Crippen LogP contribution is 2.35. The molecule has 0 aliphatic heterocycles. The number of rotatable bonds is 6. The third-order valence-corrected chi connectivity index (χ3v) is 3.64. The van der Waals surface area contributed by atoms with E-state index in [1.165, 1.54) is 32.1 Å². The first-order chi connectivity index (χ1) is 6.61. The number of hydrogen-bond acceptors (Lipinski definition) is 0. The van der Waals surface area contributed by atoms with Gasteiger partial charge in [-0.3, -0.25) is 0 Å². The van der Waals surface area contributed by atoms with Crippen molar-refractivity contribution in [3.63, 3.8) is 0 Å². The van der Waals surface area contributed by atoms with Gasteiger partial charge in [0.15, 0.2) is 0 Å². The molecule has 0 spiro atoms. The maximum Gasteiger partial charge on any atom is -0.0328 e. The second kappa shape index (κ2) is 9.55. The molecule has 0 nitrogen and oxygen atoms in total. The van der Waals surface area contributed by atoms with E-state index in [0.29, 0.717) is 5.41 Å². The Balaban J connectivity index is 0. The van der Waals surface area contributed by atoms with Gasteiger partial charge in [-0.05, 0) is 17.8 Å². The van der Waals surface area contributed by atoms with Gasteiger partial charge in [0.05, 0.1) is 0 Å². The highest BCUT2D eigenvalue weighted by Gasteiger charge is 2.22. The molecule has 0 heteroatoms. The minimum atomic E-state index is 0.608. The average Bonchev–Trinajstić information content (AvgIpc) is 2.28. The van der Waals surface area contributed by atoms with Crippen molar-refractivity contribution in [3.05, 3.63) is 0 Å². The summed E-state index contributed by atoms with van der Waals surface area (Å²) in [6, 6.07) is 0. The van der Waals surface area contributed by atoms with Crippen molar-refractivity contribution in [2.45, 2.75) is 80.6 Å². The fourth-order valence-corrected chi connectivity index (χ4v) is 1.81. The molecule has 14 heavy (non-hydrogen) atoms. The molecular weight excluding hydrogens is 168 g/mol. The lowest BCUT2D eigenvalue weighted by molar-refractivity contribution is 0.213. The Bertz CT molecular complexity index is 96.6. The Morgan fingerprint density at radius 2 is 1.21 bits per heavy atom. The van der Waals surface area contributed by atoms with Crippen molar-refractivity contribution >= 4 is 0 Å². The maximum atomic E-state index is 2.44. The molecule has 0 unspecified atom stereocenters. The SMILES string of the molecule is CC.CCC(CC)CC(C)(CC)CC. The van der Waals surface area contributed by atoms with E-state index in [1.807, 2.05) is 13.8 Å². The summed E-state index contributed by atoms with van der Waals surface area (Å²) in [6.45, 7) is 15.7. The van der Waals surface area contributed by atoms with Crippen molar-refractivity contribution in [1.82, 2.24) is 0 Å². The van der Waals surface area contributed by atoms with Gasteiger partial charge in [-0.1, -0.05) is 74.1 Å². The third kappa shape index (κ3) is 6.45. The van der Waals surface area contributed by atoms with E-state index >= 15 is 0 Å². The van der Waals surface area contributed by atoms with E-state index < -0.39 is 0 Å². The monoisotopic (exact) mass is 200 g/mol. The van der Waals surface area contributed by atoms with Crippen LogP contribution in [0.2, 0.25) is 0 Å². The lowest BCUT2D eigenvalue weighted by Gasteiger charge is -2.30. The van der Waals surface area contributed by atoms with Crippen LogP contribution in [0.5, 0.6) is 0 Å². The van der Waals surface area contributed by atoms with Crippen molar-refractivity contribution in [2.24, 2.45) is 11.3 Å². The molecule has 0 rings (SSSR count). The van der Waals surface area contributed by atoms with Gasteiger partial charge in [0.2, 0.25) is 0 Å². The summed E-state index contributed by atoms with van der Waals surface area (Å²) < 4.78 is 0. The van der Waals surface area contributed by atoms with Crippen LogP contribution in [0.25, 0.3) is 0 Å². The van der Waals surface area contributed by atoms with Gasteiger partial charge in [-0.15, -0.1) is 0 Å². The zero-order valence-electron chi connectivity index (χ0n) is 11.6. The van der Waals surface area contributed by atoms with E-state index in [9.17, 15) is 0 Å². The van der Waals surface area contributed by atoms with Crippen LogP contribution in [0.4, 0.5) is 0 Å². The molecule has 0 amide bonds. The molecule has 0 fully saturated rings. The summed E-state index contributed by atoms with van der Waals surface area (Å²) in [5.41, 5.74) is 0.608. The Kier molecular flexibility index (Phi) is 11.2. The Morgan fingerprint density at radius 1 is 0.857 bits per heavy atom. The molecule has 0 atom stereocenters. The lowest BCUT2D eigenvalue weighted by Crippen LogP contribution is -2.18. The van der Waals surface area contributed by atoms with Crippen LogP contribution < -0.4 is 0 Å². The summed E-state index contributed by atoms with van der Waals surface area (Å²) in [5.74, 6) is 0.954. The van der Waals surface area contributed by atoms with Crippen LogP contribution in [0.15, 0.2) is 0 Å². The fourth-order valence-electron chi connectivity index (χ4n) is 1.81. The summed E-state index contributed by atoms with van der Waals surface area (Å²) in [6.07, 6.45) is 6.80. The van der Waals surface area contributed by atoms with Gasteiger partial charge in [-0.25, -0.2) is 0 Å². The van der Waals surface area contributed by atoms with Gasteiger partial charge in [0, 0.05) is 0 Å². The van der Waals surface area contributed by atoms with Gasteiger partial charge >= 0.3 is 0 Å². The standard InChI is InChI=1S/C12H26.C2H6/c1-6-11(7-2)10-12(5,8-3)9-4;1-2/h11H,6-10H2,1-5H3;1-2H3. The topological polar surface area (TPSA) is 0 Å². The van der Waals surface area contributed by atoms with Gasteiger partial charge in [0.25, 0.3) is 0 Å². The molecule has 88 valence electrons. The molecule has 0 bridgehead atoms. The molecule has 0 radical (unpaired) electrons. The first-order valence-electron chi connectivity index (χ1n) is 6.61. The van der Waals surface area contributed by atoms with Gasteiger partial charge < -0.3 is 0 Å². The molecule has 0 aliphatic rings. The smallest absolute Gasteiger partial charge is 0.0328 e. The average molecular weight is 200 g/mol. The molecule has 0 aromatic carbocycles. The van der Waals surface area contributed by atoms with Crippen molar-refractivity contribution in [1.29, 1.82) is 0 Å². The Morgan fingerprint density at radius 3 is 1.43 bits per heavy atom. The molecule has 0 heterocycles. The van der Waals surface area contributed by atoms with Crippen LogP contribution in [0, 0.1) is 11.3 Å². The minimum absolute atomic E-state index is 0.608. The number of hydrogen-bond donors (Lipinski definition) is 0. The third-order valence-electron chi connectivity index (χ3n) is 3.64. The van der Waals surface area contributed by atoms with Crippen molar-refractivity contribution in [2.75, 3.05) is 0 Å². The predicted octanol–water partition coefficient (Wildman–Crippen LogP) is 5.67. The van der Waals surface area contributed by atoms with E-state index in [0.717, 1.165) is 5.92 Å². The Hall–Kier alpha value is 0. The summed E-state index contributed by atoms with van der Waals surface area (Å²) in [5, 5.41) is 0. The molecule has 0 aromatic heterocycles. The quantitative estimate of drug-likeness (QED) is 0.518. The summed E-state index contributed by atoms with van der Waals surface area (Å²) in [4.78, 5) is 0. The van der Waals surface area contributed by atoms with Gasteiger partial charge in [0.1, 0.15) is 0 Å². The van der Waals surface area contributed by atoms with Crippen molar-refractivity contribution in [3.8, 4) is 0 Å². The van der Waals surface area contributed by atoms with Crippen molar-refractivity contribution < 1.29 is 0 Å². The second-order valence-corrected chi connectivity index (χ2v) is 4.40. The summed E-state index contributed by atoms with van der Waals surface area (Å²) >= 11 is 0. The van der Waals surface area contributed by atoms with E-state index in [-0.39, 0.29) is 0 Å². The van der Waals surface area contributed by atoms with E-state index in [2.05, 4.69) is 34.6 Å². The minimum Gasteiger partial charge on any atom is -0.0683 e. The normalized spacial score (nSPS) is 11.1. The zero-order chi connectivity index (χ0) is 11.6. The van der Waals surface area contributed by atoms with Crippen LogP contribution in [0.3, 0.4) is 0 Å². The maximum absolute atomic E-state index is 2.44. The molecule has 0 saturated heterocycles.